The lowest BCUT2D eigenvalue weighted by molar-refractivity contribution is -0.118. The summed E-state index contributed by atoms with van der Waals surface area (Å²) >= 11 is 0. The zero-order valence-electron chi connectivity index (χ0n) is 11.2. The molecule has 0 spiro atoms. The minimum Gasteiger partial charge on any atom is -0.493 e. The molecule has 1 aromatic carbocycles. The summed E-state index contributed by atoms with van der Waals surface area (Å²) in [6.07, 6.45) is 2.08. The molecule has 1 aromatic heterocycles. The molecule has 21 heavy (non-hydrogen) atoms. The molecule has 5 heteroatoms. The van der Waals surface area contributed by atoms with Gasteiger partial charge in [0.05, 0.1) is 18.1 Å². The number of nitriles is 1. The van der Waals surface area contributed by atoms with Crippen molar-refractivity contribution >= 4 is 11.7 Å². The van der Waals surface area contributed by atoms with E-state index in [0.29, 0.717) is 24.4 Å². The molecule has 0 saturated carbocycles. The van der Waals surface area contributed by atoms with Gasteiger partial charge < -0.3 is 10.1 Å². The normalized spacial score (nSPS) is 16.2. The number of hydrogen-bond acceptors (Lipinski definition) is 4. The van der Waals surface area contributed by atoms with E-state index in [1.807, 2.05) is 30.3 Å². The lowest BCUT2D eigenvalue weighted by Crippen LogP contribution is -2.26. The maximum Gasteiger partial charge on any atom is 0.233 e. The molecule has 0 fully saturated rings. The fraction of sp³-hybridized carbons (Fsp3) is 0.188. The van der Waals surface area contributed by atoms with Crippen LogP contribution in [-0.2, 0) is 4.79 Å². The predicted octanol–water partition coefficient (Wildman–Crippen LogP) is 2.46. The van der Waals surface area contributed by atoms with E-state index in [-0.39, 0.29) is 11.8 Å². The molecule has 1 amide bonds. The average Bonchev–Trinajstić information content (AvgIpc) is 2.55. The fourth-order valence-corrected chi connectivity index (χ4v) is 2.36. The largest absolute Gasteiger partial charge is 0.493 e. The van der Waals surface area contributed by atoms with Gasteiger partial charge >= 0.3 is 0 Å². The van der Waals surface area contributed by atoms with Crippen LogP contribution in [-0.4, -0.2) is 17.5 Å². The highest BCUT2D eigenvalue weighted by atomic mass is 16.5. The molecule has 0 radical (unpaired) electrons. The molecule has 1 aliphatic rings. The first-order valence-corrected chi connectivity index (χ1v) is 6.66. The van der Waals surface area contributed by atoms with Crippen LogP contribution in [0.4, 0.5) is 5.82 Å². The number of amides is 1. The average molecular weight is 279 g/mol. The summed E-state index contributed by atoms with van der Waals surface area (Å²) in [5, 5.41) is 11.5. The Bertz CT molecular complexity index is 704. The van der Waals surface area contributed by atoms with Gasteiger partial charge in [0.15, 0.2) is 0 Å². The zero-order valence-corrected chi connectivity index (χ0v) is 11.2. The van der Waals surface area contributed by atoms with E-state index < -0.39 is 0 Å². The van der Waals surface area contributed by atoms with Crippen LogP contribution in [0.5, 0.6) is 5.75 Å². The summed E-state index contributed by atoms with van der Waals surface area (Å²) in [5.74, 6) is 0.856. The number of benzene rings is 1. The minimum atomic E-state index is -0.243. The van der Waals surface area contributed by atoms with Gasteiger partial charge in [-0.3, -0.25) is 4.79 Å². The number of carbonyl (C=O) groups is 1. The number of nitrogens with one attached hydrogen (secondary N) is 1. The Morgan fingerprint density at radius 2 is 2.19 bits per heavy atom. The van der Waals surface area contributed by atoms with Crippen molar-refractivity contribution < 1.29 is 9.53 Å². The van der Waals surface area contributed by atoms with Crippen molar-refractivity contribution in [2.75, 3.05) is 11.9 Å². The van der Waals surface area contributed by atoms with E-state index >= 15 is 0 Å². The van der Waals surface area contributed by atoms with Crippen LogP contribution in [0.25, 0.3) is 0 Å². The van der Waals surface area contributed by atoms with Crippen LogP contribution in [0.2, 0.25) is 0 Å². The summed E-state index contributed by atoms with van der Waals surface area (Å²) in [6.45, 7) is 0.524. The van der Waals surface area contributed by atoms with Crippen molar-refractivity contribution in [1.29, 1.82) is 5.26 Å². The number of para-hydroxylation sites is 1. The smallest absolute Gasteiger partial charge is 0.233 e. The quantitative estimate of drug-likeness (QED) is 0.916. The van der Waals surface area contributed by atoms with Gasteiger partial charge in [-0.25, -0.2) is 4.98 Å². The topological polar surface area (TPSA) is 75.0 Å². The number of pyridine rings is 1. The van der Waals surface area contributed by atoms with Gasteiger partial charge in [0.25, 0.3) is 0 Å². The SMILES string of the molecule is N#Cc1ccc(NC(=O)C2CCOc3ccccc32)nc1. The molecule has 1 atom stereocenters. The Morgan fingerprint density at radius 3 is 2.95 bits per heavy atom. The lowest BCUT2D eigenvalue weighted by Gasteiger charge is -2.24. The van der Waals surface area contributed by atoms with Crippen molar-refractivity contribution in [2.45, 2.75) is 12.3 Å². The number of nitrogens with zero attached hydrogens (tertiary/aromatic N) is 2. The Kier molecular flexibility index (Phi) is 3.52. The number of rotatable bonds is 2. The summed E-state index contributed by atoms with van der Waals surface area (Å²) in [5.41, 5.74) is 1.36. The molecule has 1 unspecified atom stereocenters. The Hall–Kier alpha value is -2.87. The maximum atomic E-state index is 12.4. The summed E-state index contributed by atoms with van der Waals surface area (Å²) in [4.78, 5) is 16.5. The maximum absolute atomic E-state index is 12.4. The zero-order chi connectivity index (χ0) is 14.7. The van der Waals surface area contributed by atoms with Gasteiger partial charge in [0.1, 0.15) is 17.6 Å². The number of carbonyl (C=O) groups excluding carboxylic acids is 1. The van der Waals surface area contributed by atoms with Crippen LogP contribution in [0, 0.1) is 11.3 Å². The molecule has 2 aromatic rings. The molecular weight excluding hydrogens is 266 g/mol. The number of anilines is 1. The minimum absolute atomic E-state index is 0.108. The third-order valence-corrected chi connectivity index (χ3v) is 3.42. The second-order valence-corrected chi connectivity index (χ2v) is 4.76. The van der Waals surface area contributed by atoms with Crippen molar-refractivity contribution in [1.82, 2.24) is 4.98 Å². The molecule has 1 N–H and O–H groups in total. The Labute approximate surface area is 122 Å². The van der Waals surface area contributed by atoms with Crippen molar-refractivity contribution in [2.24, 2.45) is 0 Å². The first-order chi connectivity index (χ1) is 10.3. The van der Waals surface area contributed by atoms with E-state index in [1.165, 1.54) is 6.20 Å². The van der Waals surface area contributed by atoms with Gasteiger partial charge in [-0.2, -0.15) is 5.26 Å². The molecule has 1 aliphatic heterocycles. The molecule has 0 bridgehead atoms. The number of hydrogen-bond donors (Lipinski definition) is 1. The predicted molar refractivity (Wildman–Crippen MR) is 76.9 cm³/mol. The summed E-state index contributed by atoms with van der Waals surface area (Å²) in [7, 11) is 0. The third kappa shape index (κ3) is 2.70. The van der Waals surface area contributed by atoms with Crippen LogP contribution in [0.15, 0.2) is 42.6 Å². The highest BCUT2D eigenvalue weighted by molar-refractivity contribution is 5.95. The van der Waals surface area contributed by atoms with Crippen LogP contribution >= 0.6 is 0 Å². The Morgan fingerprint density at radius 1 is 1.33 bits per heavy atom. The molecule has 0 aliphatic carbocycles. The van der Waals surface area contributed by atoms with E-state index in [9.17, 15) is 4.79 Å². The molecule has 5 nitrogen and oxygen atoms in total. The monoisotopic (exact) mass is 279 g/mol. The first-order valence-electron chi connectivity index (χ1n) is 6.66. The van der Waals surface area contributed by atoms with Gasteiger partial charge in [0, 0.05) is 11.8 Å². The molecule has 104 valence electrons. The van der Waals surface area contributed by atoms with Crippen LogP contribution in [0.3, 0.4) is 0 Å². The second-order valence-electron chi connectivity index (χ2n) is 4.76. The first kappa shape index (κ1) is 13.1. The second kappa shape index (κ2) is 5.63. The van der Waals surface area contributed by atoms with Crippen molar-refractivity contribution in [3.05, 3.63) is 53.7 Å². The lowest BCUT2D eigenvalue weighted by atomic mass is 9.92. The van der Waals surface area contributed by atoms with E-state index in [2.05, 4.69) is 10.3 Å². The molecule has 3 rings (SSSR count). The number of fused-ring (bicyclic) bond motifs is 1. The molecular formula is C16H13N3O2. The standard InChI is InChI=1S/C16H13N3O2/c17-9-11-5-6-15(18-10-11)19-16(20)13-7-8-21-14-4-2-1-3-12(13)14/h1-6,10,13H,7-8H2,(H,18,19,20). The Balaban J connectivity index is 1.78. The number of ether oxygens (including phenoxy) is 1. The van der Waals surface area contributed by atoms with Gasteiger partial charge in [-0.05, 0) is 24.6 Å². The fourth-order valence-electron chi connectivity index (χ4n) is 2.36. The van der Waals surface area contributed by atoms with Crippen LogP contribution < -0.4 is 10.1 Å². The molecule has 0 saturated heterocycles. The van der Waals surface area contributed by atoms with Crippen LogP contribution in [0.1, 0.15) is 23.5 Å². The molecule has 2 heterocycles. The van der Waals surface area contributed by atoms with Gasteiger partial charge in [0.2, 0.25) is 5.91 Å². The summed E-state index contributed by atoms with van der Waals surface area (Å²) in [6, 6.07) is 12.8. The van der Waals surface area contributed by atoms with E-state index in [4.69, 9.17) is 10.00 Å². The van der Waals surface area contributed by atoms with Crippen molar-refractivity contribution in [3.63, 3.8) is 0 Å². The van der Waals surface area contributed by atoms with Crippen molar-refractivity contribution in [3.8, 4) is 11.8 Å². The van der Waals surface area contributed by atoms with Gasteiger partial charge in [-0.1, -0.05) is 18.2 Å². The third-order valence-electron chi connectivity index (χ3n) is 3.42. The highest BCUT2D eigenvalue weighted by Crippen LogP contribution is 2.33. The van der Waals surface area contributed by atoms with Gasteiger partial charge in [-0.15, -0.1) is 0 Å². The van der Waals surface area contributed by atoms with E-state index in [1.54, 1.807) is 12.1 Å². The van der Waals surface area contributed by atoms with E-state index in [0.717, 1.165) is 11.3 Å². The number of aromatic nitrogens is 1. The summed E-state index contributed by atoms with van der Waals surface area (Å²) < 4.78 is 5.55. The highest BCUT2D eigenvalue weighted by Gasteiger charge is 2.27.